The van der Waals surface area contributed by atoms with Gasteiger partial charge in [-0.2, -0.15) is 0 Å². The van der Waals surface area contributed by atoms with Gasteiger partial charge in [0.1, 0.15) is 0 Å². The van der Waals surface area contributed by atoms with Crippen molar-refractivity contribution in [2.24, 2.45) is 0 Å². The second-order valence-electron chi connectivity index (χ2n) is 13.7. The third kappa shape index (κ3) is 5.10. The lowest BCUT2D eigenvalue weighted by Gasteiger charge is -2.28. The van der Waals surface area contributed by atoms with Gasteiger partial charge < -0.3 is 9.47 Å². The Morgan fingerprint density at radius 2 is 1.06 bits per heavy atom. The highest BCUT2D eigenvalue weighted by molar-refractivity contribution is 6.10. The van der Waals surface area contributed by atoms with Crippen LogP contribution in [0.1, 0.15) is 41.4 Å². The number of rotatable bonds is 6. The van der Waals surface area contributed by atoms with Gasteiger partial charge in [0.2, 0.25) is 0 Å². The van der Waals surface area contributed by atoms with Gasteiger partial charge in [0.25, 0.3) is 0 Å². The third-order valence-corrected chi connectivity index (χ3v) is 10.3. The summed E-state index contributed by atoms with van der Waals surface area (Å²) in [5, 5.41) is -0.276. The summed E-state index contributed by atoms with van der Waals surface area (Å²) < 4.78 is 107. The smallest absolute Gasteiger partial charge is 0.0645 e. The number of aromatic nitrogens is 1. The van der Waals surface area contributed by atoms with Crippen molar-refractivity contribution < 1.29 is 16.4 Å². The molecule has 0 unspecified atom stereocenters. The molecule has 1 aromatic heterocycles. The highest BCUT2D eigenvalue weighted by Crippen LogP contribution is 2.50. The van der Waals surface area contributed by atoms with E-state index in [9.17, 15) is 4.11 Å². The largest absolute Gasteiger partial charge is 0.310 e. The molecule has 0 amide bonds. The monoisotopic (exact) mass is 690 g/mol. The van der Waals surface area contributed by atoms with E-state index in [0.29, 0.717) is 5.56 Å². The lowest BCUT2D eigenvalue weighted by molar-refractivity contribution is 0.660. The second kappa shape index (κ2) is 12.3. The fourth-order valence-corrected chi connectivity index (χ4v) is 7.73. The van der Waals surface area contributed by atoms with E-state index in [1.807, 2.05) is 30.3 Å². The Balaban J connectivity index is 1.17. The van der Waals surface area contributed by atoms with Crippen molar-refractivity contribution in [1.29, 1.82) is 0 Å². The first-order valence-electron chi connectivity index (χ1n) is 23.5. The lowest BCUT2D eigenvalue weighted by atomic mass is 9.82. The SMILES string of the molecule is [2H]c1c([2H])c([2H])c(-n2c3c([2H])c([2H])c([2H])c([2H])c3c3c([2H])c(-c4ccc(N(c5ccc(-c6ccccc6)cc5)c5ccc6c(c5)C(C)(C)c5ccccc5-6)cc4)c([2H])c([2H])c32)c([2H])c1[2H]. The molecule has 1 heterocycles. The van der Waals surface area contributed by atoms with Crippen LogP contribution in [0.15, 0.2) is 194 Å². The Kier molecular flexibility index (Phi) is 4.86. The number of fused-ring (bicyclic) bond motifs is 6. The van der Waals surface area contributed by atoms with Crippen molar-refractivity contribution >= 4 is 38.9 Å². The topological polar surface area (TPSA) is 8.17 Å². The van der Waals surface area contributed by atoms with E-state index < -0.39 is 72.2 Å². The molecule has 0 fully saturated rings. The maximum atomic E-state index is 9.67. The van der Waals surface area contributed by atoms with Crippen LogP contribution < -0.4 is 4.90 Å². The molecule has 0 atom stereocenters. The summed E-state index contributed by atoms with van der Waals surface area (Å²) in [5.41, 5.74) is 8.73. The summed E-state index contributed by atoms with van der Waals surface area (Å²) in [7, 11) is 0. The molecule has 0 aliphatic heterocycles. The minimum atomic E-state index is -0.688. The fraction of sp³-hybridized carbons (Fsp3) is 0.0588. The molecule has 10 rings (SSSR count). The standard InChI is InChI=1S/C51H38N2/c1-51(2)47-19-11-9-17-43(47)44-31-30-42(34-48(44)51)52(40-26-21-36(22-27-40)35-13-5-3-6-14-35)41-28-23-37(24-29-41)38-25-32-50-46(33-38)45-18-10-12-20-49(45)53(50)39-15-7-4-8-16-39/h3-34H,1-2H3/i4D,7D,8D,10D,12D,15D,16D,18D,20D,25D,32D,33D. The molecule has 0 N–H and O–H groups in total. The number of para-hydroxylation sites is 2. The Hall–Kier alpha value is -6.64. The Morgan fingerprint density at radius 1 is 0.472 bits per heavy atom. The summed E-state index contributed by atoms with van der Waals surface area (Å²) in [6.45, 7) is 4.46. The number of nitrogens with zero attached hydrogens (tertiary/aromatic N) is 2. The highest BCUT2D eigenvalue weighted by atomic mass is 15.1. The van der Waals surface area contributed by atoms with Gasteiger partial charge in [0.05, 0.1) is 27.5 Å². The van der Waals surface area contributed by atoms with Crippen LogP contribution in [0.25, 0.3) is 60.9 Å². The molecule has 9 aromatic rings. The van der Waals surface area contributed by atoms with Gasteiger partial charge in [0, 0.05) is 38.9 Å². The first-order chi connectivity index (χ1) is 31.0. The number of hydrogen-bond donors (Lipinski definition) is 0. The minimum absolute atomic E-state index is 0.0254. The van der Waals surface area contributed by atoms with Crippen LogP contribution in [0, 0.1) is 0 Å². The molecule has 0 saturated heterocycles. The predicted molar refractivity (Wildman–Crippen MR) is 224 cm³/mol. The van der Waals surface area contributed by atoms with E-state index in [4.69, 9.17) is 12.3 Å². The van der Waals surface area contributed by atoms with E-state index in [-0.39, 0.29) is 38.8 Å². The molecule has 0 spiro atoms. The van der Waals surface area contributed by atoms with Gasteiger partial charge in [-0.1, -0.05) is 141 Å². The van der Waals surface area contributed by atoms with Gasteiger partial charge >= 0.3 is 0 Å². The van der Waals surface area contributed by atoms with Crippen molar-refractivity contribution in [3.8, 4) is 39.1 Å². The zero-order chi connectivity index (χ0) is 46.0. The van der Waals surface area contributed by atoms with Gasteiger partial charge in [0.15, 0.2) is 0 Å². The molecule has 8 aromatic carbocycles. The molecule has 2 heteroatoms. The zero-order valence-corrected chi connectivity index (χ0v) is 28.9. The van der Waals surface area contributed by atoms with E-state index >= 15 is 0 Å². The van der Waals surface area contributed by atoms with Gasteiger partial charge in [-0.05, 0) is 111 Å². The van der Waals surface area contributed by atoms with E-state index in [2.05, 4.69) is 97.6 Å². The summed E-state index contributed by atoms with van der Waals surface area (Å²) in [4.78, 5) is 2.14. The molecule has 53 heavy (non-hydrogen) atoms. The summed E-state index contributed by atoms with van der Waals surface area (Å²) in [6.07, 6.45) is 0. The van der Waals surface area contributed by atoms with Crippen molar-refractivity contribution in [3.63, 3.8) is 0 Å². The van der Waals surface area contributed by atoms with Crippen LogP contribution >= 0.6 is 0 Å². The third-order valence-electron chi connectivity index (χ3n) is 10.3. The average molecular weight is 691 g/mol. The molecule has 0 bridgehead atoms. The zero-order valence-electron chi connectivity index (χ0n) is 40.9. The van der Waals surface area contributed by atoms with Gasteiger partial charge in [-0.25, -0.2) is 0 Å². The lowest BCUT2D eigenvalue weighted by Crippen LogP contribution is -2.16. The first kappa shape index (κ1) is 21.0. The highest BCUT2D eigenvalue weighted by Gasteiger charge is 2.35. The second-order valence-corrected chi connectivity index (χ2v) is 13.7. The molecule has 252 valence electrons. The van der Waals surface area contributed by atoms with Crippen LogP contribution in [-0.4, -0.2) is 4.57 Å². The van der Waals surface area contributed by atoms with Crippen molar-refractivity contribution in [2.75, 3.05) is 4.90 Å². The summed E-state index contributed by atoms with van der Waals surface area (Å²) in [6, 6.07) is 33.7. The summed E-state index contributed by atoms with van der Waals surface area (Å²) >= 11 is 0. The van der Waals surface area contributed by atoms with Crippen LogP contribution in [-0.2, 0) is 5.41 Å². The molecule has 0 saturated carbocycles. The molecule has 1 aliphatic carbocycles. The maximum Gasteiger partial charge on any atom is 0.0645 e. The van der Waals surface area contributed by atoms with Crippen molar-refractivity contribution in [2.45, 2.75) is 19.3 Å². The molecular formula is C51H38N2. The van der Waals surface area contributed by atoms with Crippen LogP contribution in [0.3, 0.4) is 0 Å². The van der Waals surface area contributed by atoms with Crippen LogP contribution in [0.5, 0.6) is 0 Å². The quantitative estimate of drug-likeness (QED) is 0.169. The Labute approximate surface area is 327 Å². The van der Waals surface area contributed by atoms with E-state index in [1.54, 1.807) is 12.1 Å². The predicted octanol–water partition coefficient (Wildman–Crippen LogP) is 13.9. The fourth-order valence-electron chi connectivity index (χ4n) is 7.73. The van der Waals surface area contributed by atoms with E-state index in [1.165, 1.54) is 22.3 Å². The average Bonchev–Trinajstić information content (AvgIpc) is 3.79. The van der Waals surface area contributed by atoms with Crippen molar-refractivity contribution in [1.82, 2.24) is 4.57 Å². The molecule has 1 aliphatic rings. The van der Waals surface area contributed by atoms with Gasteiger partial charge in [-0.15, -0.1) is 0 Å². The Morgan fingerprint density at radius 3 is 1.81 bits per heavy atom. The van der Waals surface area contributed by atoms with Crippen LogP contribution in [0.2, 0.25) is 0 Å². The van der Waals surface area contributed by atoms with E-state index in [0.717, 1.165) is 32.8 Å². The van der Waals surface area contributed by atoms with Crippen molar-refractivity contribution in [3.05, 3.63) is 205 Å². The molecule has 2 nitrogen and oxygen atoms in total. The Bertz CT molecular complexity index is 3440. The van der Waals surface area contributed by atoms with Crippen LogP contribution in [0.4, 0.5) is 17.1 Å². The molecule has 0 radical (unpaired) electrons. The number of anilines is 3. The number of benzene rings is 8. The van der Waals surface area contributed by atoms with Gasteiger partial charge in [-0.3, -0.25) is 0 Å². The molecular weight excluding hydrogens is 641 g/mol. The normalized spacial score (nSPS) is 16.0. The summed E-state index contributed by atoms with van der Waals surface area (Å²) in [5.74, 6) is 0. The maximum absolute atomic E-state index is 9.67. The first-order valence-corrected chi connectivity index (χ1v) is 17.5. The number of hydrogen-bond acceptors (Lipinski definition) is 1. The minimum Gasteiger partial charge on any atom is -0.310 e.